The normalized spacial score (nSPS) is 39.9. The summed E-state index contributed by atoms with van der Waals surface area (Å²) in [6, 6.07) is 0. The summed E-state index contributed by atoms with van der Waals surface area (Å²) in [5, 5.41) is 10.7. The van der Waals surface area contributed by atoms with Crippen molar-refractivity contribution in [1.29, 1.82) is 0 Å². The zero-order valence-electron chi connectivity index (χ0n) is 16.2. The molecule has 3 fully saturated rings. The van der Waals surface area contributed by atoms with Gasteiger partial charge in [0, 0.05) is 6.42 Å². The van der Waals surface area contributed by atoms with Gasteiger partial charge in [-0.05, 0) is 27.7 Å². The maximum atomic E-state index is 10.7. The molecular weight excluding hydrogens is 340 g/mol. The Morgan fingerprint density at radius 3 is 2.16 bits per heavy atom. The number of rotatable bonds is 2. The zero-order valence-corrected chi connectivity index (χ0v) is 17.2. The average Bonchev–Trinajstić information content (AvgIpc) is 2.88. The molecule has 0 aromatic heterocycles. The first-order valence-electron chi connectivity index (χ1n) is 8.92. The zero-order chi connectivity index (χ0) is 18.6. The van der Waals surface area contributed by atoms with Gasteiger partial charge in [-0.1, -0.05) is 19.6 Å². The van der Waals surface area contributed by atoms with Crippen molar-refractivity contribution in [3.8, 4) is 11.5 Å². The third-order valence-corrected chi connectivity index (χ3v) is 5.27. The molecule has 0 unspecified atom stereocenters. The van der Waals surface area contributed by atoms with E-state index in [1.165, 1.54) is 0 Å². The predicted molar refractivity (Wildman–Crippen MR) is 94.3 cm³/mol. The summed E-state index contributed by atoms with van der Waals surface area (Å²) in [5.74, 6) is 1.57. The van der Waals surface area contributed by atoms with Gasteiger partial charge in [0.15, 0.2) is 17.9 Å². The molecule has 0 aliphatic carbocycles. The molecule has 0 spiro atoms. The highest BCUT2D eigenvalue weighted by Gasteiger charge is 2.62. The van der Waals surface area contributed by atoms with Crippen LogP contribution in [0.15, 0.2) is 0 Å². The molecule has 3 aliphatic heterocycles. The molecule has 3 saturated heterocycles. The van der Waals surface area contributed by atoms with Crippen molar-refractivity contribution in [2.45, 2.75) is 102 Å². The number of fused-ring (bicyclic) bond motifs is 3. The number of hydrogen-bond donors (Lipinski definition) is 1. The van der Waals surface area contributed by atoms with Crippen LogP contribution in [0.25, 0.3) is 0 Å². The van der Waals surface area contributed by atoms with E-state index in [1.807, 2.05) is 27.7 Å². The van der Waals surface area contributed by atoms with Crippen LogP contribution in [-0.4, -0.2) is 61.6 Å². The highest BCUT2D eigenvalue weighted by atomic mass is 28.3. The van der Waals surface area contributed by atoms with Gasteiger partial charge in [0.05, 0.1) is 6.10 Å². The molecule has 0 aromatic rings. The van der Waals surface area contributed by atoms with Gasteiger partial charge in [0.2, 0.25) is 0 Å². The largest absolute Gasteiger partial charge is 0.389 e. The second-order valence-corrected chi connectivity index (χ2v) is 13.7. The Morgan fingerprint density at radius 2 is 1.52 bits per heavy atom. The first-order valence-corrected chi connectivity index (χ1v) is 12.4. The van der Waals surface area contributed by atoms with E-state index >= 15 is 0 Å². The van der Waals surface area contributed by atoms with Crippen molar-refractivity contribution in [2.24, 2.45) is 0 Å². The SMILES string of the molecule is CC1(C)O[C@H]2O[C@H]3[C@H](OC(C)(C)O[C@@H]3[C@H](O)CC#C[Si](C)(C)C)[C@H]2O1. The van der Waals surface area contributed by atoms with Gasteiger partial charge in [-0.25, -0.2) is 0 Å². The first kappa shape index (κ1) is 19.3. The van der Waals surface area contributed by atoms with Crippen LogP contribution >= 0.6 is 0 Å². The molecule has 7 heteroatoms. The lowest BCUT2D eigenvalue weighted by Crippen LogP contribution is -2.59. The minimum atomic E-state index is -1.47. The van der Waals surface area contributed by atoms with Crippen molar-refractivity contribution in [3.05, 3.63) is 0 Å². The molecule has 25 heavy (non-hydrogen) atoms. The number of aliphatic hydroxyl groups is 1. The lowest BCUT2D eigenvalue weighted by Gasteiger charge is -2.45. The Kier molecular flexibility index (Phi) is 4.87. The molecule has 0 radical (unpaired) electrons. The van der Waals surface area contributed by atoms with Gasteiger partial charge < -0.3 is 28.8 Å². The fourth-order valence-electron chi connectivity index (χ4n) is 3.49. The highest BCUT2D eigenvalue weighted by molar-refractivity contribution is 6.83. The summed E-state index contributed by atoms with van der Waals surface area (Å²) < 4.78 is 29.8. The van der Waals surface area contributed by atoms with E-state index in [-0.39, 0.29) is 12.2 Å². The lowest BCUT2D eigenvalue weighted by molar-refractivity contribution is -0.354. The van der Waals surface area contributed by atoms with Crippen LogP contribution in [0.3, 0.4) is 0 Å². The summed E-state index contributed by atoms with van der Waals surface area (Å²) in [6.07, 6.45) is -2.57. The molecule has 6 nitrogen and oxygen atoms in total. The monoisotopic (exact) mass is 370 g/mol. The third-order valence-electron chi connectivity index (χ3n) is 4.34. The maximum absolute atomic E-state index is 10.7. The molecule has 0 amide bonds. The molecule has 1 N–H and O–H groups in total. The summed E-state index contributed by atoms with van der Waals surface area (Å²) in [6.45, 7) is 13.9. The fraction of sp³-hybridized carbons (Fsp3) is 0.889. The average molecular weight is 371 g/mol. The van der Waals surface area contributed by atoms with Crippen LogP contribution in [0.1, 0.15) is 34.1 Å². The molecule has 3 rings (SSSR count). The fourth-order valence-corrected chi connectivity index (χ4v) is 4.12. The standard InChI is InChI=1S/C18H30O6Si/c1-17(2)21-12(11(19)9-8-10-25(5,6)7)13-14(22-17)15-16(20-13)24-18(3,4)23-15/h11-16,19H,9H2,1-7H3/t11-,12-,13-,14+,15-,16-/m1/s1. The summed E-state index contributed by atoms with van der Waals surface area (Å²) in [5.41, 5.74) is 3.27. The van der Waals surface area contributed by atoms with Crippen molar-refractivity contribution < 1.29 is 28.8 Å². The predicted octanol–water partition coefficient (Wildman–Crippen LogP) is 2.01. The van der Waals surface area contributed by atoms with Crippen LogP contribution in [-0.2, 0) is 23.7 Å². The summed E-state index contributed by atoms with van der Waals surface area (Å²) in [4.78, 5) is 0. The Balaban J connectivity index is 1.75. The Morgan fingerprint density at radius 1 is 0.920 bits per heavy atom. The maximum Gasteiger partial charge on any atom is 0.190 e. The van der Waals surface area contributed by atoms with Crippen LogP contribution in [0.2, 0.25) is 19.6 Å². The van der Waals surface area contributed by atoms with E-state index < -0.39 is 44.3 Å². The van der Waals surface area contributed by atoms with E-state index in [2.05, 4.69) is 31.1 Å². The molecule has 3 aliphatic rings. The minimum absolute atomic E-state index is 0.328. The number of hydrogen-bond acceptors (Lipinski definition) is 6. The Hall–Kier alpha value is -0.463. The van der Waals surface area contributed by atoms with Gasteiger partial charge in [-0.2, -0.15) is 0 Å². The van der Waals surface area contributed by atoms with Gasteiger partial charge in [-0.15, -0.1) is 11.5 Å². The van der Waals surface area contributed by atoms with Crippen LogP contribution in [0, 0.1) is 11.5 Å². The van der Waals surface area contributed by atoms with Gasteiger partial charge in [0.25, 0.3) is 0 Å². The first-order chi connectivity index (χ1) is 11.4. The second-order valence-electron chi connectivity index (χ2n) is 8.96. The van der Waals surface area contributed by atoms with Crippen LogP contribution < -0.4 is 0 Å². The Bertz CT molecular complexity index is 572. The highest BCUT2D eigenvalue weighted by Crippen LogP contribution is 2.45. The second kappa shape index (κ2) is 6.31. The summed E-state index contributed by atoms with van der Waals surface area (Å²) in [7, 11) is -1.47. The third kappa shape index (κ3) is 4.27. The topological polar surface area (TPSA) is 66.4 Å². The smallest absolute Gasteiger partial charge is 0.190 e. The molecular formula is C18H30O6Si. The quantitative estimate of drug-likeness (QED) is 0.593. The molecule has 6 atom stereocenters. The van der Waals surface area contributed by atoms with Crippen LogP contribution in [0.4, 0.5) is 0 Å². The number of aliphatic hydroxyl groups excluding tert-OH is 1. The van der Waals surface area contributed by atoms with E-state index in [9.17, 15) is 5.11 Å². The van der Waals surface area contributed by atoms with E-state index in [4.69, 9.17) is 23.7 Å². The summed E-state index contributed by atoms with van der Waals surface area (Å²) >= 11 is 0. The van der Waals surface area contributed by atoms with E-state index in [0.717, 1.165) is 0 Å². The lowest BCUT2D eigenvalue weighted by atomic mass is 9.97. The van der Waals surface area contributed by atoms with E-state index in [1.54, 1.807) is 0 Å². The Labute approximate surface area is 151 Å². The van der Waals surface area contributed by atoms with Crippen molar-refractivity contribution in [2.75, 3.05) is 0 Å². The number of ether oxygens (including phenoxy) is 5. The van der Waals surface area contributed by atoms with Gasteiger partial charge in [0.1, 0.15) is 32.5 Å². The van der Waals surface area contributed by atoms with Crippen molar-refractivity contribution >= 4 is 8.07 Å². The molecule has 142 valence electrons. The molecule has 0 aromatic carbocycles. The van der Waals surface area contributed by atoms with Crippen LogP contribution in [0.5, 0.6) is 0 Å². The molecule has 0 saturated carbocycles. The van der Waals surface area contributed by atoms with E-state index in [0.29, 0.717) is 6.42 Å². The minimum Gasteiger partial charge on any atom is -0.389 e. The van der Waals surface area contributed by atoms with Crippen molar-refractivity contribution in [1.82, 2.24) is 0 Å². The van der Waals surface area contributed by atoms with Gasteiger partial charge in [-0.3, -0.25) is 0 Å². The van der Waals surface area contributed by atoms with Gasteiger partial charge >= 0.3 is 0 Å². The molecule has 3 heterocycles. The van der Waals surface area contributed by atoms with Crippen molar-refractivity contribution in [3.63, 3.8) is 0 Å². The molecule has 0 bridgehead atoms.